The van der Waals surface area contributed by atoms with Crippen LogP contribution in [0, 0.1) is 5.92 Å². The third kappa shape index (κ3) is 4.40. The first-order chi connectivity index (χ1) is 9.83. The summed E-state index contributed by atoms with van der Waals surface area (Å²) < 4.78 is 0. The summed E-state index contributed by atoms with van der Waals surface area (Å²) in [4.78, 5) is 4.00. The second kappa shape index (κ2) is 8.14. The molecule has 0 saturated heterocycles. The zero-order valence-electron chi connectivity index (χ0n) is 12.2. The number of hydrogen-bond acceptors (Lipinski definition) is 2. The SMILES string of the molecule is CCC/C=C/[C@H]1CC[C@H](c2ccc(N=C=S)cc2)CC1. The highest BCUT2D eigenvalue weighted by Gasteiger charge is 2.20. The van der Waals surface area contributed by atoms with E-state index in [1.807, 2.05) is 12.1 Å². The standard InChI is InChI=1S/C18H23NS/c1-2-3-4-5-15-6-8-16(9-7-15)17-10-12-18(13-11-17)19-14-20/h4-5,10-13,15-16H,2-3,6-9H2,1H3/b5-4+/t15-,16-. The van der Waals surface area contributed by atoms with Crippen molar-refractivity contribution in [1.29, 1.82) is 0 Å². The van der Waals surface area contributed by atoms with Crippen LogP contribution < -0.4 is 0 Å². The molecule has 0 amide bonds. The van der Waals surface area contributed by atoms with E-state index in [1.165, 1.54) is 44.1 Å². The lowest BCUT2D eigenvalue weighted by Crippen LogP contribution is -2.11. The molecule has 106 valence electrons. The number of hydrogen-bond donors (Lipinski definition) is 0. The number of rotatable bonds is 5. The van der Waals surface area contributed by atoms with Crippen molar-refractivity contribution in [3.63, 3.8) is 0 Å². The van der Waals surface area contributed by atoms with Crippen molar-refractivity contribution in [1.82, 2.24) is 0 Å². The number of isothiocyanates is 1. The first kappa shape index (κ1) is 15.2. The molecule has 0 N–H and O–H groups in total. The Morgan fingerprint density at radius 1 is 1.20 bits per heavy atom. The van der Waals surface area contributed by atoms with Gasteiger partial charge in [-0.2, -0.15) is 4.99 Å². The zero-order chi connectivity index (χ0) is 14.2. The van der Waals surface area contributed by atoms with E-state index in [9.17, 15) is 0 Å². The van der Waals surface area contributed by atoms with Crippen LogP contribution in [0.3, 0.4) is 0 Å². The van der Waals surface area contributed by atoms with Gasteiger partial charge in [0, 0.05) is 0 Å². The number of thiocarbonyl (C=S) groups is 1. The highest BCUT2D eigenvalue weighted by Crippen LogP contribution is 2.36. The van der Waals surface area contributed by atoms with E-state index in [0.29, 0.717) is 0 Å². The van der Waals surface area contributed by atoms with E-state index in [2.05, 4.69) is 53.6 Å². The van der Waals surface area contributed by atoms with Gasteiger partial charge in [0.25, 0.3) is 0 Å². The number of nitrogens with zero attached hydrogens (tertiary/aromatic N) is 1. The Kier molecular flexibility index (Phi) is 6.17. The van der Waals surface area contributed by atoms with Gasteiger partial charge in [0.2, 0.25) is 0 Å². The normalized spacial score (nSPS) is 22.6. The number of aliphatic imine (C=N–C) groups is 1. The van der Waals surface area contributed by atoms with Crippen LogP contribution in [0.5, 0.6) is 0 Å². The first-order valence-electron chi connectivity index (χ1n) is 7.68. The van der Waals surface area contributed by atoms with E-state index < -0.39 is 0 Å². The summed E-state index contributed by atoms with van der Waals surface area (Å²) in [7, 11) is 0. The van der Waals surface area contributed by atoms with Crippen LogP contribution in [0.15, 0.2) is 41.4 Å². The zero-order valence-corrected chi connectivity index (χ0v) is 13.0. The summed E-state index contributed by atoms with van der Waals surface area (Å²) in [6.07, 6.45) is 12.5. The van der Waals surface area contributed by atoms with Crippen molar-refractivity contribution in [3.05, 3.63) is 42.0 Å². The minimum atomic E-state index is 0.719. The van der Waals surface area contributed by atoms with Crippen LogP contribution in [0.25, 0.3) is 0 Å². The molecule has 0 spiro atoms. The molecular weight excluding hydrogens is 262 g/mol. The van der Waals surface area contributed by atoms with E-state index in [0.717, 1.165) is 17.5 Å². The molecule has 1 aromatic rings. The monoisotopic (exact) mass is 285 g/mol. The third-order valence-corrected chi connectivity index (χ3v) is 4.27. The van der Waals surface area contributed by atoms with E-state index in [-0.39, 0.29) is 0 Å². The topological polar surface area (TPSA) is 12.4 Å². The van der Waals surface area contributed by atoms with Gasteiger partial charge in [0.05, 0.1) is 10.8 Å². The van der Waals surface area contributed by atoms with Gasteiger partial charge in [0.1, 0.15) is 0 Å². The van der Waals surface area contributed by atoms with Crippen molar-refractivity contribution in [2.24, 2.45) is 10.9 Å². The van der Waals surface area contributed by atoms with Crippen LogP contribution in [0.4, 0.5) is 5.69 Å². The quantitative estimate of drug-likeness (QED) is 0.364. The molecule has 0 radical (unpaired) electrons. The Balaban J connectivity index is 1.88. The fraction of sp³-hybridized carbons (Fsp3) is 0.500. The minimum Gasteiger partial charge on any atom is -0.195 e. The average Bonchev–Trinajstić information content (AvgIpc) is 2.49. The van der Waals surface area contributed by atoms with Crippen molar-refractivity contribution in [2.45, 2.75) is 51.4 Å². The van der Waals surface area contributed by atoms with Crippen LogP contribution in [0.1, 0.15) is 56.9 Å². The smallest absolute Gasteiger partial charge is 0.0739 e. The Morgan fingerprint density at radius 3 is 2.50 bits per heavy atom. The Morgan fingerprint density at radius 2 is 1.90 bits per heavy atom. The maximum Gasteiger partial charge on any atom is 0.0739 e. The van der Waals surface area contributed by atoms with Crippen LogP contribution in [-0.4, -0.2) is 5.16 Å². The molecule has 20 heavy (non-hydrogen) atoms. The second-order valence-electron chi connectivity index (χ2n) is 5.62. The van der Waals surface area contributed by atoms with Gasteiger partial charge in [-0.3, -0.25) is 0 Å². The predicted octanol–water partition coefficient (Wildman–Crippen LogP) is 6.05. The van der Waals surface area contributed by atoms with Gasteiger partial charge in [-0.05, 0) is 73.9 Å². The molecule has 0 atom stereocenters. The molecule has 0 aliphatic heterocycles. The third-order valence-electron chi connectivity index (χ3n) is 4.17. The van der Waals surface area contributed by atoms with Crippen LogP contribution in [0.2, 0.25) is 0 Å². The second-order valence-corrected chi connectivity index (χ2v) is 5.81. The van der Waals surface area contributed by atoms with E-state index in [1.54, 1.807) is 0 Å². The lowest BCUT2D eigenvalue weighted by atomic mass is 9.78. The summed E-state index contributed by atoms with van der Waals surface area (Å²) in [5, 5.41) is 2.41. The molecule has 1 saturated carbocycles. The molecule has 1 aliphatic carbocycles. The molecule has 2 rings (SSSR count). The van der Waals surface area contributed by atoms with E-state index >= 15 is 0 Å². The lowest BCUT2D eigenvalue weighted by Gasteiger charge is -2.27. The van der Waals surface area contributed by atoms with Gasteiger partial charge in [-0.1, -0.05) is 37.6 Å². The van der Waals surface area contributed by atoms with Gasteiger partial charge in [0.15, 0.2) is 0 Å². The minimum absolute atomic E-state index is 0.719. The summed E-state index contributed by atoms with van der Waals surface area (Å²) in [5.74, 6) is 1.52. The van der Waals surface area contributed by atoms with Crippen molar-refractivity contribution in [3.8, 4) is 0 Å². The van der Waals surface area contributed by atoms with Gasteiger partial charge >= 0.3 is 0 Å². The maximum absolute atomic E-state index is 4.63. The number of unbranched alkanes of at least 4 members (excludes halogenated alkanes) is 1. The summed E-state index contributed by atoms with van der Waals surface area (Å²) >= 11 is 4.63. The molecular formula is C18H23NS. The average molecular weight is 285 g/mol. The molecule has 1 aromatic carbocycles. The fourth-order valence-corrected chi connectivity index (χ4v) is 3.08. The molecule has 0 unspecified atom stereocenters. The van der Waals surface area contributed by atoms with Gasteiger partial charge in [-0.15, -0.1) is 0 Å². The summed E-state index contributed by atoms with van der Waals surface area (Å²) in [5.41, 5.74) is 2.35. The molecule has 0 aromatic heterocycles. The Bertz CT molecular complexity index is 475. The van der Waals surface area contributed by atoms with Crippen LogP contribution in [-0.2, 0) is 0 Å². The molecule has 0 heterocycles. The van der Waals surface area contributed by atoms with Gasteiger partial charge in [-0.25, -0.2) is 0 Å². The first-order valence-corrected chi connectivity index (χ1v) is 8.08. The Labute approximate surface area is 127 Å². The summed E-state index contributed by atoms with van der Waals surface area (Å²) in [6.45, 7) is 2.23. The largest absolute Gasteiger partial charge is 0.195 e. The molecule has 1 aliphatic rings. The highest BCUT2D eigenvalue weighted by molar-refractivity contribution is 7.78. The predicted molar refractivity (Wildman–Crippen MR) is 89.9 cm³/mol. The van der Waals surface area contributed by atoms with Crippen molar-refractivity contribution >= 4 is 23.1 Å². The highest BCUT2D eigenvalue weighted by atomic mass is 32.1. The van der Waals surface area contributed by atoms with Crippen molar-refractivity contribution in [2.75, 3.05) is 0 Å². The molecule has 1 nitrogen and oxygen atoms in total. The lowest BCUT2D eigenvalue weighted by molar-refractivity contribution is 0.375. The van der Waals surface area contributed by atoms with Crippen molar-refractivity contribution < 1.29 is 0 Å². The molecule has 0 bridgehead atoms. The number of allylic oxidation sites excluding steroid dienone is 2. The summed E-state index contributed by atoms with van der Waals surface area (Å²) in [6, 6.07) is 8.48. The maximum atomic E-state index is 4.63. The number of benzene rings is 1. The van der Waals surface area contributed by atoms with Crippen LogP contribution >= 0.6 is 12.2 Å². The van der Waals surface area contributed by atoms with Gasteiger partial charge < -0.3 is 0 Å². The molecule has 2 heteroatoms. The molecule has 1 fully saturated rings. The Hall–Kier alpha value is -1.24. The van der Waals surface area contributed by atoms with E-state index in [4.69, 9.17) is 0 Å². The fourth-order valence-electron chi connectivity index (χ4n) is 2.97.